The second kappa shape index (κ2) is 14.1. The van der Waals surface area contributed by atoms with Crippen LogP contribution in [0.1, 0.15) is 12.8 Å². The van der Waals surface area contributed by atoms with E-state index in [9.17, 15) is 45.3 Å². The summed E-state index contributed by atoms with van der Waals surface area (Å²) in [7, 11) is 0. The maximum Gasteiger partial charge on any atom is 0.287 e. The number of rotatable bonds is 10. The maximum absolute atomic E-state index is 12.5. The van der Waals surface area contributed by atoms with Gasteiger partial charge in [0.2, 0.25) is 5.78 Å². The molecule has 3 fully saturated rings. The van der Waals surface area contributed by atoms with Crippen molar-refractivity contribution in [1.29, 1.82) is 0 Å². The van der Waals surface area contributed by atoms with Gasteiger partial charge in [0.05, 0.1) is 18.7 Å². The molecule has 2 aliphatic heterocycles. The van der Waals surface area contributed by atoms with Crippen LogP contribution < -0.4 is 28.3 Å². The SMILES string of the molecule is NCCC(=O)C(=O)N[C@@H]1C[C@H](N)[C@@H](O[C@H]2O[C@H](CN)[C@@H](O)[C@H](O)[C@H]2O)[C@H](O)[C@H]1O[C@H]1O[C@H](CO)[C@@H](O)[C@H](N)[C@H]1O. The Bertz CT molecular complexity index is 856. The van der Waals surface area contributed by atoms with Gasteiger partial charge in [-0.3, -0.25) is 9.59 Å². The van der Waals surface area contributed by atoms with Crippen LogP contribution in [0.2, 0.25) is 0 Å². The van der Waals surface area contributed by atoms with Crippen LogP contribution in [0.5, 0.6) is 0 Å². The molecule has 232 valence electrons. The lowest BCUT2D eigenvalue weighted by Crippen LogP contribution is -2.69. The first-order valence-corrected chi connectivity index (χ1v) is 12.9. The Morgan fingerprint density at radius 1 is 0.800 bits per heavy atom. The third-order valence-electron chi connectivity index (χ3n) is 7.38. The standard InChI is InChI=1S/C22H41N5O13/c23-2-1-8(29)20(36)27-7-3-6(25)18(39-22-16(34)15(33)13(31)9(4-24)37-22)17(35)19(7)40-21-14(32)11(26)12(30)10(5-28)38-21/h6-7,9-19,21-22,28,30-35H,1-5,23-26H2,(H,27,36)/t6-,7+,9+,10+,11-,12+,13+,14+,15-,16+,17-,18+,19-,21+,22+/m0/s1. The molecule has 2 heterocycles. The van der Waals surface area contributed by atoms with Crippen LogP contribution >= 0.6 is 0 Å². The van der Waals surface area contributed by atoms with E-state index < -0.39 is 110 Å². The molecule has 18 heteroatoms. The van der Waals surface area contributed by atoms with Crippen molar-refractivity contribution in [3.8, 4) is 0 Å². The first-order chi connectivity index (χ1) is 18.9. The summed E-state index contributed by atoms with van der Waals surface area (Å²) in [5, 5.41) is 74.6. The van der Waals surface area contributed by atoms with Crippen molar-refractivity contribution in [3.05, 3.63) is 0 Å². The van der Waals surface area contributed by atoms with Gasteiger partial charge < -0.3 is 82.9 Å². The van der Waals surface area contributed by atoms with Gasteiger partial charge in [-0.05, 0) is 13.0 Å². The summed E-state index contributed by atoms with van der Waals surface area (Å²) in [6.45, 7) is -1.02. The first-order valence-electron chi connectivity index (χ1n) is 12.9. The van der Waals surface area contributed by atoms with Crippen molar-refractivity contribution in [1.82, 2.24) is 5.32 Å². The van der Waals surface area contributed by atoms with Crippen LogP contribution in [-0.4, -0.2) is 159 Å². The second-order valence-electron chi connectivity index (χ2n) is 10.2. The number of carbonyl (C=O) groups excluding carboxylic acids is 2. The number of ketones is 1. The van der Waals surface area contributed by atoms with Gasteiger partial charge in [-0.15, -0.1) is 0 Å². The van der Waals surface area contributed by atoms with Gasteiger partial charge in [0.25, 0.3) is 5.91 Å². The van der Waals surface area contributed by atoms with E-state index in [-0.39, 0.29) is 25.9 Å². The fourth-order valence-electron chi connectivity index (χ4n) is 4.99. The minimum Gasteiger partial charge on any atom is -0.394 e. The topological polar surface area (TPSA) is 329 Å². The van der Waals surface area contributed by atoms with Gasteiger partial charge in [0, 0.05) is 19.0 Å². The Morgan fingerprint density at radius 3 is 2.00 bits per heavy atom. The third kappa shape index (κ3) is 6.94. The van der Waals surface area contributed by atoms with Crippen LogP contribution in [0.4, 0.5) is 0 Å². The molecule has 0 radical (unpaired) electrons. The molecule has 16 N–H and O–H groups in total. The fourth-order valence-corrected chi connectivity index (χ4v) is 4.99. The minimum atomic E-state index is -1.77. The van der Waals surface area contributed by atoms with E-state index in [1.54, 1.807) is 0 Å². The van der Waals surface area contributed by atoms with E-state index in [4.69, 9.17) is 41.9 Å². The number of nitrogens with one attached hydrogen (secondary N) is 1. The largest absolute Gasteiger partial charge is 0.394 e. The Kier molecular flexibility index (Phi) is 11.7. The summed E-state index contributed by atoms with van der Waals surface area (Å²) in [5.74, 6) is -1.89. The number of hydrogen-bond acceptors (Lipinski definition) is 17. The van der Waals surface area contributed by atoms with Crippen molar-refractivity contribution >= 4 is 11.7 Å². The molecule has 1 saturated carbocycles. The molecule has 18 nitrogen and oxygen atoms in total. The van der Waals surface area contributed by atoms with E-state index in [1.807, 2.05) is 0 Å². The van der Waals surface area contributed by atoms with Crippen molar-refractivity contribution in [2.45, 2.75) is 105 Å². The fraction of sp³-hybridized carbons (Fsp3) is 0.909. The van der Waals surface area contributed by atoms with Gasteiger partial charge in [-0.1, -0.05) is 0 Å². The minimum absolute atomic E-state index is 0.0895. The highest BCUT2D eigenvalue weighted by Crippen LogP contribution is 2.32. The lowest BCUT2D eigenvalue weighted by molar-refractivity contribution is -0.332. The average Bonchev–Trinajstić information content (AvgIpc) is 2.92. The maximum atomic E-state index is 12.5. The smallest absolute Gasteiger partial charge is 0.287 e. The van der Waals surface area contributed by atoms with Crippen LogP contribution in [0, 0.1) is 0 Å². The number of carbonyl (C=O) groups is 2. The molecule has 2 saturated heterocycles. The van der Waals surface area contributed by atoms with Crippen LogP contribution in [0.25, 0.3) is 0 Å². The number of amides is 1. The average molecular weight is 584 g/mol. The van der Waals surface area contributed by atoms with E-state index in [1.165, 1.54) is 0 Å². The highest BCUT2D eigenvalue weighted by Gasteiger charge is 2.52. The molecule has 0 aromatic heterocycles. The molecular formula is C22H41N5O13. The van der Waals surface area contributed by atoms with Crippen molar-refractivity contribution in [3.63, 3.8) is 0 Å². The molecule has 0 bridgehead atoms. The number of nitrogens with two attached hydrogens (primary N) is 4. The van der Waals surface area contributed by atoms with E-state index in [0.717, 1.165) is 0 Å². The zero-order chi connectivity index (χ0) is 29.9. The zero-order valence-corrected chi connectivity index (χ0v) is 21.6. The van der Waals surface area contributed by atoms with E-state index >= 15 is 0 Å². The predicted molar refractivity (Wildman–Crippen MR) is 130 cm³/mol. The van der Waals surface area contributed by atoms with Crippen LogP contribution in [0.15, 0.2) is 0 Å². The summed E-state index contributed by atoms with van der Waals surface area (Å²) in [5.41, 5.74) is 23.0. The number of aliphatic hydroxyl groups is 7. The Labute approximate surface area is 229 Å². The van der Waals surface area contributed by atoms with Crippen molar-refractivity contribution < 1.29 is 64.3 Å². The predicted octanol–water partition coefficient (Wildman–Crippen LogP) is -8.22. The molecule has 15 atom stereocenters. The van der Waals surface area contributed by atoms with Crippen molar-refractivity contribution in [2.75, 3.05) is 19.7 Å². The highest BCUT2D eigenvalue weighted by atomic mass is 16.7. The molecule has 1 aliphatic carbocycles. The Hall–Kier alpha value is -1.46. The van der Waals surface area contributed by atoms with Gasteiger partial charge in [-0.2, -0.15) is 0 Å². The molecule has 0 spiro atoms. The molecular weight excluding hydrogens is 542 g/mol. The number of hydrogen-bond donors (Lipinski definition) is 12. The summed E-state index contributed by atoms with van der Waals surface area (Å²) in [6.07, 6.45) is -18.8. The third-order valence-corrected chi connectivity index (χ3v) is 7.38. The molecule has 3 aliphatic rings. The van der Waals surface area contributed by atoms with E-state index in [2.05, 4.69) is 5.32 Å². The van der Waals surface area contributed by atoms with E-state index in [0.29, 0.717) is 0 Å². The second-order valence-corrected chi connectivity index (χ2v) is 10.2. The molecule has 0 aromatic rings. The van der Waals surface area contributed by atoms with Gasteiger partial charge in [-0.25, -0.2) is 0 Å². The lowest BCUT2D eigenvalue weighted by Gasteiger charge is -2.48. The normalized spacial score (nSPS) is 46.1. The van der Waals surface area contributed by atoms with Crippen molar-refractivity contribution in [2.24, 2.45) is 22.9 Å². The zero-order valence-electron chi connectivity index (χ0n) is 21.6. The summed E-state index contributed by atoms with van der Waals surface area (Å²) < 4.78 is 22.4. The highest BCUT2D eigenvalue weighted by molar-refractivity contribution is 6.36. The monoisotopic (exact) mass is 583 g/mol. The number of aliphatic hydroxyl groups excluding tert-OH is 7. The molecule has 3 rings (SSSR count). The van der Waals surface area contributed by atoms with Crippen LogP contribution in [-0.2, 0) is 28.5 Å². The quantitative estimate of drug-likeness (QED) is 0.106. The van der Waals surface area contributed by atoms with Gasteiger partial charge in [0.15, 0.2) is 12.6 Å². The Balaban J connectivity index is 1.85. The summed E-state index contributed by atoms with van der Waals surface area (Å²) in [4.78, 5) is 24.6. The Morgan fingerprint density at radius 2 is 1.40 bits per heavy atom. The molecule has 0 aromatic carbocycles. The lowest BCUT2D eigenvalue weighted by atomic mass is 9.83. The van der Waals surface area contributed by atoms with Gasteiger partial charge in [0.1, 0.15) is 61.0 Å². The summed E-state index contributed by atoms with van der Waals surface area (Å²) in [6, 6.07) is -3.56. The molecule has 1 amide bonds. The number of ether oxygens (including phenoxy) is 4. The van der Waals surface area contributed by atoms with Crippen LogP contribution in [0.3, 0.4) is 0 Å². The van der Waals surface area contributed by atoms with Gasteiger partial charge >= 0.3 is 0 Å². The number of Topliss-reactive ketones (excluding diaryl/α,β-unsaturated/α-hetero) is 1. The summed E-state index contributed by atoms with van der Waals surface area (Å²) >= 11 is 0. The first kappa shape index (κ1) is 33.0. The molecule has 0 unspecified atom stereocenters. The molecule has 40 heavy (non-hydrogen) atoms.